The van der Waals surface area contributed by atoms with Crippen LogP contribution in [0.25, 0.3) is 0 Å². The molecule has 1 aliphatic heterocycles. The Kier molecular flexibility index (Phi) is 2.51. The lowest BCUT2D eigenvalue weighted by Crippen LogP contribution is -2.48. The maximum Gasteiger partial charge on any atom is 0.320 e. The zero-order valence-corrected chi connectivity index (χ0v) is 7.61. The zero-order chi connectivity index (χ0) is 9.26. The molecule has 1 saturated heterocycles. The van der Waals surface area contributed by atoms with E-state index in [4.69, 9.17) is 4.74 Å². The summed E-state index contributed by atoms with van der Waals surface area (Å²) in [6, 6.07) is 0.188. The molecule has 2 fully saturated rings. The van der Waals surface area contributed by atoms with E-state index in [-0.39, 0.29) is 18.1 Å². The van der Waals surface area contributed by atoms with Crippen LogP contribution < -0.4 is 0 Å². The fraction of sp³-hybridized carbons (Fsp3) is 0.889. The minimum absolute atomic E-state index is 0.162. The molecule has 2 atom stereocenters. The number of ether oxygens (including phenoxy) is 1. The number of morpholine rings is 1. The standard InChI is InChI=1S/C9H15NO3/c11-8-3-1-2-7(8)10-4-5-13-9(12)6-10/h7-8,11H,1-6H2. The van der Waals surface area contributed by atoms with Gasteiger partial charge in [0, 0.05) is 12.6 Å². The van der Waals surface area contributed by atoms with Crippen molar-refractivity contribution in [2.24, 2.45) is 0 Å². The minimum atomic E-state index is -0.245. The van der Waals surface area contributed by atoms with Gasteiger partial charge in [-0.05, 0) is 19.3 Å². The first-order valence-corrected chi connectivity index (χ1v) is 4.85. The number of carbonyl (C=O) groups is 1. The van der Waals surface area contributed by atoms with E-state index >= 15 is 0 Å². The lowest BCUT2D eigenvalue weighted by molar-refractivity contribution is -0.152. The second-order valence-corrected chi connectivity index (χ2v) is 3.76. The van der Waals surface area contributed by atoms with E-state index in [9.17, 15) is 9.90 Å². The molecule has 2 aliphatic rings. The first-order chi connectivity index (χ1) is 6.27. The summed E-state index contributed by atoms with van der Waals surface area (Å²) in [5, 5.41) is 9.63. The number of hydrogen-bond donors (Lipinski definition) is 1. The second kappa shape index (κ2) is 3.64. The van der Waals surface area contributed by atoms with Gasteiger partial charge < -0.3 is 9.84 Å². The van der Waals surface area contributed by atoms with Crippen molar-refractivity contribution in [2.75, 3.05) is 19.7 Å². The SMILES string of the molecule is O=C1CN(C2CCCC2O)CCO1. The largest absolute Gasteiger partial charge is 0.463 e. The van der Waals surface area contributed by atoms with Gasteiger partial charge in [-0.2, -0.15) is 0 Å². The van der Waals surface area contributed by atoms with Crippen LogP contribution in [-0.2, 0) is 9.53 Å². The Labute approximate surface area is 77.5 Å². The summed E-state index contributed by atoms with van der Waals surface area (Å²) in [5.74, 6) is -0.162. The van der Waals surface area contributed by atoms with Gasteiger partial charge in [-0.25, -0.2) is 0 Å². The van der Waals surface area contributed by atoms with Crippen molar-refractivity contribution < 1.29 is 14.6 Å². The Morgan fingerprint density at radius 3 is 2.92 bits per heavy atom. The van der Waals surface area contributed by atoms with Gasteiger partial charge in [0.1, 0.15) is 6.61 Å². The number of cyclic esters (lactones) is 1. The van der Waals surface area contributed by atoms with Crippen molar-refractivity contribution in [2.45, 2.75) is 31.4 Å². The molecule has 13 heavy (non-hydrogen) atoms. The molecule has 0 radical (unpaired) electrons. The Balaban J connectivity index is 1.95. The highest BCUT2D eigenvalue weighted by Crippen LogP contribution is 2.24. The van der Waals surface area contributed by atoms with E-state index in [2.05, 4.69) is 0 Å². The summed E-state index contributed by atoms with van der Waals surface area (Å²) < 4.78 is 4.84. The van der Waals surface area contributed by atoms with Crippen LogP contribution in [-0.4, -0.2) is 47.8 Å². The maximum atomic E-state index is 11.0. The van der Waals surface area contributed by atoms with Crippen LogP contribution in [0.3, 0.4) is 0 Å². The fourth-order valence-corrected chi connectivity index (χ4v) is 2.20. The molecule has 0 aromatic heterocycles. The third-order valence-electron chi connectivity index (χ3n) is 2.89. The van der Waals surface area contributed by atoms with Gasteiger partial charge in [0.2, 0.25) is 0 Å². The van der Waals surface area contributed by atoms with Crippen LogP contribution in [0.1, 0.15) is 19.3 Å². The van der Waals surface area contributed by atoms with Crippen LogP contribution >= 0.6 is 0 Å². The topological polar surface area (TPSA) is 49.8 Å². The molecule has 1 saturated carbocycles. The summed E-state index contributed by atoms with van der Waals surface area (Å²) in [6.07, 6.45) is 2.70. The smallest absolute Gasteiger partial charge is 0.320 e. The molecule has 0 spiro atoms. The van der Waals surface area contributed by atoms with E-state index in [0.29, 0.717) is 13.2 Å². The molecule has 2 unspecified atom stereocenters. The van der Waals surface area contributed by atoms with Crippen molar-refractivity contribution in [3.05, 3.63) is 0 Å². The molecule has 1 N–H and O–H groups in total. The highest BCUT2D eigenvalue weighted by molar-refractivity contribution is 5.72. The van der Waals surface area contributed by atoms with E-state index in [1.807, 2.05) is 4.90 Å². The first-order valence-electron chi connectivity index (χ1n) is 4.85. The number of esters is 1. The van der Waals surface area contributed by atoms with Gasteiger partial charge >= 0.3 is 5.97 Å². The average Bonchev–Trinajstić information content (AvgIpc) is 2.51. The molecular formula is C9H15NO3. The number of carbonyl (C=O) groups excluding carboxylic acids is 1. The van der Waals surface area contributed by atoms with Gasteiger partial charge in [0.25, 0.3) is 0 Å². The predicted molar refractivity (Wildman–Crippen MR) is 46.2 cm³/mol. The number of aliphatic hydroxyl groups excluding tert-OH is 1. The van der Waals surface area contributed by atoms with Crippen molar-refractivity contribution in [3.63, 3.8) is 0 Å². The summed E-state index contributed by atoms with van der Waals surface area (Å²) in [4.78, 5) is 13.0. The number of rotatable bonds is 1. The summed E-state index contributed by atoms with van der Waals surface area (Å²) in [5.41, 5.74) is 0. The molecular weight excluding hydrogens is 170 g/mol. The average molecular weight is 185 g/mol. The molecule has 0 bridgehead atoms. The highest BCUT2D eigenvalue weighted by atomic mass is 16.5. The predicted octanol–water partition coefficient (Wildman–Crippen LogP) is -0.241. The Morgan fingerprint density at radius 1 is 1.46 bits per heavy atom. The third kappa shape index (κ3) is 1.84. The van der Waals surface area contributed by atoms with Crippen molar-refractivity contribution in [1.82, 2.24) is 4.90 Å². The molecule has 4 nitrogen and oxygen atoms in total. The van der Waals surface area contributed by atoms with Gasteiger partial charge in [-0.1, -0.05) is 0 Å². The van der Waals surface area contributed by atoms with Crippen LogP contribution in [0.2, 0.25) is 0 Å². The molecule has 74 valence electrons. The quantitative estimate of drug-likeness (QED) is 0.573. The lowest BCUT2D eigenvalue weighted by atomic mass is 10.1. The molecule has 0 amide bonds. The number of nitrogens with zero attached hydrogens (tertiary/aromatic N) is 1. The summed E-state index contributed by atoms with van der Waals surface area (Å²) in [6.45, 7) is 1.59. The Bertz CT molecular complexity index is 207. The molecule has 2 rings (SSSR count). The van der Waals surface area contributed by atoms with Crippen LogP contribution in [0.15, 0.2) is 0 Å². The van der Waals surface area contributed by atoms with Gasteiger partial charge in [0.05, 0.1) is 12.6 Å². The van der Waals surface area contributed by atoms with Crippen molar-refractivity contribution in [1.29, 1.82) is 0 Å². The molecule has 4 heteroatoms. The summed E-state index contributed by atoms with van der Waals surface area (Å²) in [7, 11) is 0. The highest BCUT2D eigenvalue weighted by Gasteiger charge is 2.33. The molecule has 0 aromatic rings. The minimum Gasteiger partial charge on any atom is -0.463 e. The van der Waals surface area contributed by atoms with Crippen LogP contribution in [0.4, 0.5) is 0 Å². The summed E-state index contributed by atoms with van der Waals surface area (Å²) >= 11 is 0. The maximum absolute atomic E-state index is 11.0. The molecule has 1 heterocycles. The van der Waals surface area contributed by atoms with E-state index in [0.717, 1.165) is 25.8 Å². The normalized spacial score (nSPS) is 36.2. The van der Waals surface area contributed by atoms with Crippen molar-refractivity contribution >= 4 is 5.97 Å². The Morgan fingerprint density at radius 2 is 2.31 bits per heavy atom. The first kappa shape index (κ1) is 8.97. The zero-order valence-electron chi connectivity index (χ0n) is 7.61. The van der Waals surface area contributed by atoms with Gasteiger partial charge in [-0.15, -0.1) is 0 Å². The monoisotopic (exact) mass is 185 g/mol. The number of hydrogen-bond acceptors (Lipinski definition) is 4. The van der Waals surface area contributed by atoms with Crippen LogP contribution in [0.5, 0.6) is 0 Å². The number of aliphatic hydroxyl groups is 1. The van der Waals surface area contributed by atoms with Crippen LogP contribution in [0, 0.1) is 0 Å². The van der Waals surface area contributed by atoms with Gasteiger partial charge in [0.15, 0.2) is 0 Å². The van der Waals surface area contributed by atoms with E-state index in [1.54, 1.807) is 0 Å². The third-order valence-corrected chi connectivity index (χ3v) is 2.89. The molecule has 1 aliphatic carbocycles. The molecule has 0 aromatic carbocycles. The second-order valence-electron chi connectivity index (χ2n) is 3.76. The Hall–Kier alpha value is -0.610. The van der Waals surface area contributed by atoms with Gasteiger partial charge in [-0.3, -0.25) is 9.69 Å². The van der Waals surface area contributed by atoms with Crippen molar-refractivity contribution in [3.8, 4) is 0 Å². The fourth-order valence-electron chi connectivity index (χ4n) is 2.20. The van der Waals surface area contributed by atoms with E-state index in [1.165, 1.54) is 0 Å². The lowest BCUT2D eigenvalue weighted by Gasteiger charge is -2.32. The van der Waals surface area contributed by atoms with E-state index < -0.39 is 0 Å².